The summed E-state index contributed by atoms with van der Waals surface area (Å²) in [7, 11) is 0. The first-order valence-corrected chi connectivity index (χ1v) is 12.0. The number of aromatic nitrogens is 2. The Balaban J connectivity index is 1.54. The Labute approximate surface area is 201 Å². The molecule has 5 rings (SSSR count). The number of ketones is 1. The van der Waals surface area contributed by atoms with Crippen molar-refractivity contribution in [2.45, 2.75) is 36.2 Å². The molecular formula is C27H23N3O3S. The molecule has 170 valence electrons. The first-order chi connectivity index (χ1) is 16.5. The number of carbonyl (C=O) groups is 2. The maximum Gasteiger partial charge on any atom is 0.262 e. The van der Waals surface area contributed by atoms with Gasteiger partial charge in [-0.2, -0.15) is 0 Å². The number of fused-ring (bicyclic) bond motifs is 1. The Hall–Kier alpha value is -3.71. The quantitative estimate of drug-likeness (QED) is 0.222. The molecule has 1 saturated carbocycles. The third-order valence-corrected chi connectivity index (χ3v) is 7.01. The Morgan fingerprint density at radius 1 is 1.00 bits per heavy atom. The minimum Gasteiger partial charge on any atom is -0.325 e. The van der Waals surface area contributed by atoms with E-state index in [1.165, 1.54) is 18.7 Å². The maximum atomic E-state index is 13.5. The van der Waals surface area contributed by atoms with Gasteiger partial charge in [0.2, 0.25) is 5.91 Å². The zero-order valence-corrected chi connectivity index (χ0v) is 19.4. The Bertz CT molecular complexity index is 1440. The number of nitrogens with zero attached hydrogens (tertiary/aromatic N) is 2. The lowest BCUT2D eigenvalue weighted by atomic mass is 10.1. The van der Waals surface area contributed by atoms with Gasteiger partial charge in [-0.05, 0) is 49.6 Å². The highest BCUT2D eigenvalue weighted by atomic mass is 32.2. The first kappa shape index (κ1) is 22.1. The van der Waals surface area contributed by atoms with Crippen molar-refractivity contribution in [2.24, 2.45) is 0 Å². The van der Waals surface area contributed by atoms with E-state index in [1.807, 2.05) is 48.5 Å². The molecule has 0 bridgehead atoms. The molecule has 0 saturated heterocycles. The third-order valence-electron chi connectivity index (χ3n) is 5.79. The van der Waals surface area contributed by atoms with E-state index in [4.69, 9.17) is 4.98 Å². The van der Waals surface area contributed by atoms with E-state index >= 15 is 0 Å². The van der Waals surface area contributed by atoms with Crippen LogP contribution >= 0.6 is 11.8 Å². The normalized spacial score (nSPS) is 14.0. The van der Waals surface area contributed by atoms with Crippen LogP contribution in [0.3, 0.4) is 0 Å². The lowest BCUT2D eigenvalue weighted by Gasteiger charge is -2.19. The van der Waals surface area contributed by atoms with Gasteiger partial charge in [0, 0.05) is 17.3 Å². The van der Waals surface area contributed by atoms with Crippen molar-refractivity contribution in [3.05, 3.63) is 100 Å². The van der Waals surface area contributed by atoms with Gasteiger partial charge in [0.25, 0.3) is 5.56 Å². The molecule has 1 N–H and O–H groups in total. The molecule has 6 nitrogen and oxygen atoms in total. The second kappa shape index (κ2) is 9.27. The largest absolute Gasteiger partial charge is 0.325 e. The Morgan fingerprint density at radius 3 is 2.47 bits per heavy atom. The highest BCUT2D eigenvalue weighted by molar-refractivity contribution is 8.00. The van der Waals surface area contributed by atoms with Crippen molar-refractivity contribution in [3.63, 3.8) is 0 Å². The minimum atomic E-state index is -0.639. The number of carbonyl (C=O) groups excluding carboxylic acids is 2. The summed E-state index contributed by atoms with van der Waals surface area (Å²) in [5.41, 5.74) is 2.42. The van der Waals surface area contributed by atoms with Gasteiger partial charge in [-0.3, -0.25) is 19.0 Å². The molecule has 1 aromatic heterocycles. The molecule has 3 aromatic carbocycles. The predicted octanol–water partition coefficient (Wildman–Crippen LogP) is 5.41. The van der Waals surface area contributed by atoms with Crippen LogP contribution in [0.4, 0.5) is 5.69 Å². The second-order valence-corrected chi connectivity index (χ2v) is 9.42. The number of nitrogens with one attached hydrogen (secondary N) is 1. The van der Waals surface area contributed by atoms with Gasteiger partial charge in [0.05, 0.1) is 10.9 Å². The zero-order chi connectivity index (χ0) is 23.7. The van der Waals surface area contributed by atoms with Crippen LogP contribution in [0.15, 0.2) is 88.8 Å². The summed E-state index contributed by atoms with van der Waals surface area (Å²) in [6.07, 6.45) is 1.85. The highest BCUT2D eigenvalue weighted by Crippen LogP contribution is 2.41. The fourth-order valence-corrected chi connectivity index (χ4v) is 5.06. The number of benzene rings is 3. The number of anilines is 1. The van der Waals surface area contributed by atoms with Crippen molar-refractivity contribution in [3.8, 4) is 0 Å². The standard InChI is InChI=1S/C27H23N3O3S/c1-17(31)19-10-7-11-20(16-19)28-25(32)24(18-8-3-2-4-9-18)34-27-29-23-13-6-5-12-22(23)26(33)30(27)21-14-15-21/h2-13,16,21,24H,14-15H2,1H3,(H,28,32). The maximum absolute atomic E-state index is 13.5. The molecule has 1 aliphatic carbocycles. The monoisotopic (exact) mass is 469 g/mol. The van der Waals surface area contributed by atoms with Gasteiger partial charge in [0.15, 0.2) is 10.9 Å². The number of Topliss-reactive ketones (excluding diaryl/α,β-unsaturated/α-hetero) is 1. The fraction of sp³-hybridized carbons (Fsp3) is 0.185. The lowest BCUT2D eigenvalue weighted by Crippen LogP contribution is -2.25. The molecule has 4 aromatic rings. The van der Waals surface area contributed by atoms with Crippen LogP contribution in [-0.4, -0.2) is 21.2 Å². The van der Waals surface area contributed by atoms with Gasteiger partial charge in [0.1, 0.15) is 5.25 Å². The summed E-state index contributed by atoms with van der Waals surface area (Å²) >= 11 is 1.28. The van der Waals surface area contributed by atoms with Crippen LogP contribution in [0.25, 0.3) is 10.9 Å². The van der Waals surface area contributed by atoms with Gasteiger partial charge in [-0.25, -0.2) is 4.98 Å². The summed E-state index contributed by atoms with van der Waals surface area (Å²) in [5, 5.41) is 3.43. The van der Waals surface area contributed by atoms with E-state index in [9.17, 15) is 14.4 Å². The summed E-state index contributed by atoms with van der Waals surface area (Å²) in [6, 6.07) is 23.8. The zero-order valence-electron chi connectivity index (χ0n) is 18.6. The molecular weight excluding hydrogens is 446 g/mol. The molecule has 1 heterocycles. The molecule has 1 unspecified atom stereocenters. The van der Waals surface area contributed by atoms with Crippen LogP contribution in [0, 0.1) is 0 Å². The summed E-state index contributed by atoms with van der Waals surface area (Å²) in [6.45, 7) is 1.49. The van der Waals surface area contributed by atoms with Crippen LogP contribution < -0.4 is 10.9 Å². The Kier molecular flexibility index (Phi) is 6.02. The second-order valence-electron chi connectivity index (χ2n) is 8.35. The van der Waals surface area contributed by atoms with Crippen molar-refractivity contribution in [1.29, 1.82) is 0 Å². The molecule has 7 heteroatoms. The van der Waals surface area contributed by atoms with E-state index in [1.54, 1.807) is 34.9 Å². The van der Waals surface area contributed by atoms with Crippen molar-refractivity contribution >= 4 is 40.0 Å². The number of thioether (sulfide) groups is 1. The van der Waals surface area contributed by atoms with E-state index in [2.05, 4.69) is 5.32 Å². The predicted molar refractivity (Wildman–Crippen MR) is 134 cm³/mol. The van der Waals surface area contributed by atoms with E-state index in [-0.39, 0.29) is 23.3 Å². The third kappa shape index (κ3) is 4.52. The molecule has 1 aliphatic rings. The van der Waals surface area contributed by atoms with Crippen molar-refractivity contribution < 1.29 is 9.59 Å². The van der Waals surface area contributed by atoms with E-state index in [0.29, 0.717) is 27.3 Å². The summed E-state index contributed by atoms with van der Waals surface area (Å²) < 4.78 is 1.74. The van der Waals surface area contributed by atoms with E-state index in [0.717, 1.165) is 18.4 Å². The average molecular weight is 470 g/mol. The van der Waals surface area contributed by atoms with Crippen molar-refractivity contribution in [1.82, 2.24) is 9.55 Å². The number of hydrogen-bond donors (Lipinski definition) is 1. The van der Waals surface area contributed by atoms with Crippen LogP contribution in [0.2, 0.25) is 0 Å². The Morgan fingerprint density at radius 2 is 1.74 bits per heavy atom. The van der Waals surface area contributed by atoms with Crippen LogP contribution in [-0.2, 0) is 4.79 Å². The molecule has 1 amide bonds. The summed E-state index contributed by atoms with van der Waals surface area (Å²) in [5.74, 6) is -0.319. The van der Waals surface area contributed by atoms with Gasteiger partial charge in [-0.1, -0.05) is 66.4 Å². The van der Waals surface area contributed by atoms with Crippen molar-refractivity contribution in [2.75, 3.05) is 5.32 Å². The van der Waals surface area contributed by atoms with Gasteiger partial charge < -0.3 is 5.32 Å². The summed E-state index contributed by atoms with van der Waals surface area (Å²) in [4.78, 5) is 43.4. The molecule has 34 heavy (non-hydrogen) atoms. The average Bonchev–Trinajstić information content (AvgIpc) is 3.68. The fourth-order valence-electron chi connectivity index (χ4n) is 3.89. The SMILES string of the molecule is CC(=O)c1cccc(NC(=O)C(Sc2nc3ccccc3c(=O)n2C2CC2)c2ccccc2)c1. The number of rotatable bonds is 7. The van der Waals surface area contributed by atoms with Crippen LogP contribution in [0.5, 0.6) is 0 Å². The highest BCUT2D eigenvalue weighted by Gasteiger charge is 2.31. The number of amides is 1. The van der Waals surface area contributed by atoms with E-state index < -0.39 is 5.25 Å². The molecule has 0 radical (unpaired) electrons. The topological polar surface area (TPSA) is 81.1 Å². The van der Waals surface area contributed by atoms with Gasteiger partial charge >= 0.3 is 0 Å². The number of hydrogen-bond acceptors (Lipinski definition) is 5. The van der Waals surface area contributed by atoms with Gasteiger partial charge in [-0.15, -0.1) is 0 Å². The molecule has 0 spiro atoms. The number of para-hydroxylation sites is 1. The first-order valence-electron chi connectivity index (χ1n) is 11.2. The van der Waals surface area contributed by atoms with Crippen LogP contribution in [0.1, 0.15) is 47.0 Å². The molecule has 0 aliphatic heterocycles. The minimum absolute atomic E-state index is 0.0705. The molecule has 1 atom stereocenters. The smallest absolute Gasteiger partial charge is 0.262 e. The lowest BCUT2D eigenvalue weighted by molar-refractivity contribution is -0.115. The molecule has 1 fully saturated rings.